The Morgan fingerprint density at radius 3 is 2.53 bits per heavy atom. The second-order valence-electron chi connectivity index (χ2n) is 6.63. The Bertz CT molecular complexity index is 370. The van der Waals surface area contributed by atoms with Crippen molar-refractivity contribution in [2.24, 2.45) is 11.3 Å². The van der Waals surface area contributed by atoms with Crippen LogP contribution in [0.4, 0.5) is 0 Å². The highest BCUT2D eigenvalue weighted by Gasteiger charge is 2.25. The van der Waals surface area contributed by atoms with E-state index in [1.807, 2.05) is 0 Å². The van der Waals surface area contributed by atoms with Crippen LogP contribution in [0.5, 0.6) is 0 Å². The highest BCUT2D eigenvalue weighted by molar-refractivity contribution is 4.93. The molecule has 0 saturated heterocycles. The van der Waals surface area contributed by atoms with E-state index >= 15 is 0 Å². The van der Waals surface area contributed by atoms with Gasteiger partial charge in [0.1, 0.15) is 12.2 Å². The van der Waals surface area contributed by atoms with E-state index in [1.165, 1.54) is 0 Å². The molecule has 0 bridgehead atoms. The van der Waals surface area contributed by atoms with E-state index < -0.39 is 0 Å². The monoisotopic (exact) mass is 266 g/mol. The van der Waals surface area contributed by atoms with Crippen molar-refractivity contribution in [3.63, 3.8) is 0 Å². The first kappa shape index (κ1) is 16.2. The summed E-state index contributed by atoms with van der Waals surface area (Å²) in [6, 6.07) is 0.527. The highest BCUT2D eigenvalue weighted by Crippen LogP contribution is 2.25. The fourth-order valence-corrected chi connectivity index (χ4v) is 2.07. The molecule has 1 unspecified atom stereocenters. The highest BCUT2D eigenvalue weighted by atomic mass is 15.3. The summed E-state index contributed by atoms with van der Waals surface area (Å²) in [4.78, 5) is 4.45. The molecule has 1 heterocycles. The second kappa shape index (κ2) is 7.04. The third-order valence-electron chi connectivity index (χ3n) is 3.61. The SMILES string of the molecule is CCC(C)(CNC(C)C)Cc1ncnn1CC(C)C. The van der Waals surface area contributed by atoms with Crippen molar-refractivity contribution in [1.82, 2.24) is 20.1 Å². The Morgan fingerprint density at radius 1 is 1.32 bits per heavy atom. The zero-order valence-corrected chi connectivity index (χ0v) is 13.4. The lowest BCUT2D eigenvalue weighted by atomic mass is 9.83. The Morgan fingerprint density at radius 2 is 2.00 bits per heavy atom. The number of hydrogen-bond donors (Lipinski definition) is 1. The Balaban J connectivity index is 2.72. The third kappa shape index (κ3) is 5.31. The molecule has 0 spiro atoms. The molecule has 1 N–H and O–H groups in total. The third-order valence-corrected chi connectivity index (χ3v) is 3.61. The molecule has 19 heavy (non-hydrogen) atoms. The molecule has 0 aliphatic rings. The summed E-state index contributed by atoms with van der Waals surface area (Å²) in [5, 5.41) is 7.91. The number of nitrogens with zero attached hydrogens (tertiary/aromatic N) is 3. The molecule has 0 aliphatic heterocycles. The average Bonchev–Trinajstić information content (AvgIpc) is 2.73. The molecule has 0 saturated carbocycles. The van der Waals surface area contributed by atoms with Crippen molar-refractivity contribution >= 4 is 0 Å². The predicted molar refractivity (Wildman–Crippen MR) is 80.1 cm³/mol. The second-order valence-corrected chi connectivity index (χ2v) is 6.63. The average molecular weight is 266 g/mol. The van der Waals surface area contributed by atoms with E-state index in [4.69, 9.17) is 0 Å². The van der Waals surface area contributed by atoms with Gasteiger partial charge in [-0.3, -0.25) is 0 Å². The number of nitrogens with one attached hydrogen (secondary N) is 1. The molecule has 1 atom stereocenters. The summed E-state index contributed by atoms with van der Waals surface area (Å²) in [6.45, 7) is 15.4. The number of hydrogen-bond acceptors (Lipinski definition) is 3. The quantitative estimate of drug-likeness (QED) is 0.786. The van der Waals surface area contributed by atoms with Crippen molar-refractivity contribution in [2.45, 2.75) is 67.0 Å². The van der Waals surface area contributed by atoms with Crippen LogP contribution in [-0.4, -0.2) is 27.4 Å². The molecule has 1 aromatic heterocycles. The summed E-state index contributed by atoms with van der Waals surface area (Å²) in [6.07, 6.45) is 3.81. The maximum Gasteiger partial charge on any atom is 0.138 e. The van der Waals surface area contributed by atoms with E-state index in [9.17, 15) is 0 Å². The van der Waals surface area contributed by atoms with Gasteiger partial charge in [0.15, 0.2) is 0 Å². The van der Waals surface area contributed by atoms with Crippen molar-refractivity contribution in [3.05, 3.63) is 12.2 Å². The largest absolute Gasteiger partial charge is 0.314 e. The van der Waals surface area contributed by atoms with Crippen LogP contribution < -0.4 is 5.32 Å². The molecule has 4 nitrogen and oxygen atoms in total. The molecule has 1 rings (SSSR count). The van der Waals surface area contributed by atoms with Crippen molar-refractivity contribution in [3.8, 4) is 0 Å². The van der Waals surface area contributed by atoms with Gasteiger partial charge in [-0.1, -0.05) is 41.5 Å². The zero-order chi connectivity index (χ0) is 14.5. The van der Waals surface area contributed by atoms with Gasteiger partial charge < -0.3 is 5.32 Å². The van der Waals surface area contributed by atoms with Gasteiger partial charge >= 0.3 is 0 Å². The van der Waals surface area contributed by atoms with Crippen molar-refractivity contribution in [1.29, 1.82) is 0 Å². The molecule has 0 radical (unpaired) electrons. The standard InChI is InChI=1S/C15H30N4/c1-7-15(6,10-16-13(4)5)8-14-17-11-18-19(14)9-12(2)3/h11-13,16H,7-10H2,1-6H3. The molecule has 0 amide bonds. The first-order chi connectivity index (χ1) is 8.86. The summed E-state index contributed by atoms with van der Waals surface area (Å²) in [7, 11) is 0. The first-order valence-electron chi connectivity index (χ1n) is 7.46. The summed E-state index contributed by atoms with van der Waals surface area (Å²) < 4.78 is 2.06. The minimum Gasteiger partial charge on any atom is -0.314 e. The summed E-state index contributed by atoms with van der Waals surface area (Å²) >= 11 is 0. The molecule has 0 fully saturated rings. The topological polar surface area (TPSA) is 42.7 Å². The normalized spacial score (nSPS) is 15.2. The molecule has 4 heteroatoms. The maximum atomic E-state index is 4.45. The molecular weight excluding hydrogens is 236 g/mol. The lowest BCUT2D eigenvalue weighted by Gasteiger charge is -2.29. The zero-order valence-electron chi connectivity index (χ0n) is 13.4. The lowest BCUT2D eigenvalue weighted by Crippen LogP contribution is -2.37. The van der Waals surface area contributed by atoms with E-state index in [0.717, 1.165) is 31.8 Å². The van der Waals surface area contributed by atoms with E-state index in [2.05, 4.69) is 61.6 Å². The molecule has 0 aliphatic carbocycles. The van der Waals surface area contributed by atoms with E-state index in [1.54, 1.807) is 6.33 Å². The Labute approximate surface area is 118 Å². The maximum absolute atomic E-state index is 4.45. The van der Waals surface area contributed by atoms with Gasteiger partial charge in [0.2, 0.25) is 0 Å². The van der Waals surface area contributed by atoms with Crippen LogP contribution in [0.2, 0.25) is 0 Å². The fourth-order valence-electron chi connectivity index (χ4n) is 2.07. The molecule has 110 valence electrons. The van der Waals surface area contributed by atoms with Crippen LogP contribution in [0.25, 0.3) is 0 Å². The van der Waals surface area contributed by atoms with Gasteiger partial charge in [-0.25, -0.2) is 9.67 Å². The van der Waals surface area contributed by atoms with Gasteiger partial charge in [-0.05, 0) is 17.8 Å². The van der Waals surface area contributed by atoms with Gasteiger partial charge in [0, 0.05) is 25.6 Å². The van der Waals surface area contributed by atoms with Crippen molar-refractivity contribution < 1.29 is 0 Å². The van der Waals surface area contributed by atoms with Crippen LogP contribution in [0.3, 0.4) is 0 Å². The predicted octanol–water partition coefficient (Wildman–Crippen LogP) is 2.89. The fraction of sp³-hybridized carbons (Fsp3) is 0.867. The minimum absolute atomic E-state index is 0.242. The summed E-state index contributed by atoms with van der Waals surface area (Å²) in [5.74, 6) is 1.71. The smallest absolute Gasteiger partial charge is 0.138 e. The van der Waals surface area contributed by atoms with Crippen LogP contribution in [-0.2, 0) is 13.0 Å². The summed E-state index contributed by atoms with van der Waals surface area (Å²) in [5.41, 5.74) is 0.242. The first-order valence-corrected chi connectivity index (χ1v) is 7.46. The van der Waals surface area contributed by atoms with Gasteiger partial charge in [-0.2, -0.15) is 5.10 Å². The van der Waals surface area contributed by atoms with Crippen molar-refractivity contribution in [2.75, 3.05) is 6.54 Å². The number of rotatable bonds is 8. The van der Waals surface area contributed by atoms with Crippen LogP contribution in [0.15, 0.2) is 6.33 Å². The Kier molecular flexibility index (Phi) is 5.98. The van der Waals surface area contributed by atoms with Gasteiger partial charge in [0.25, 0.3) is 0 Å². The van der Waals surface area contributed by atoms with Crippen LogP contribution in [0.1, 0.15) is 53.8 Å². The molecule has 0 aromatic carbocycles. The molecular formula is C15H30N4. The van der Waals surface area contributed by atoms with E-state index in [0.29, 0.717) is 12.0 Å². The van der Waals surface area contributed by atoms with Crippen LogP contribution in [0, 0.1) is 11.3 Å². The Hall–Kier alpha value is -0.900. The van der Waals surface area contributed by atoms with E-state index in [-0.39, 0.29) is 5.41 Å². The minimum atomic E-state index is 0.242. The van der Waals surface area contributed by atoms with Crippen LogP contribution >= 0.6 is 0 Å². The molecule has 1 aromatic rings. The van der Waals surface area contributed by atoms with Gasteiger partial charge in [0.05, 0.1) is 0 Å². The number of aromatic nitrogens is 3. The lowest BCUT2D eigenvalue weighted by molar-refractivity contribution is 0.269. The van der Waals surface area contributed by atoms with Gasteiger partial charge in [-0.15, -0.1) is 0 Å².